The van der Waals surface area contributed by atoms with Crippen molar-refractivity contribution in [3.63, 3.8) is 0 Å². The van der Waals surface area contributed by atoms with E-state index in [2.05, 4.69) is 45.7 Å². The summed E-state index contributed by atoms with van der Waals surface area (Å²) in [6.45, 7) is 7.30. The molecule has 25 heavy (non-hydrogen) atoms. The van der Waals surface area contributed by atoms with E-state index in [0.717, 1.165) is 25.5 Å². The van der Waals surface area contributed by atoms with Crippen LogP contribution in [0.5, 0.6) is 0 Å². The Balaban J connectivity index is 1.57. The predicted octanol–water partition coefficient (Wildman–Crippen LogP) is 2.50. The van der Waals surface area contributed by atoms with Crippen molar-refractivity contribution in [2.75, 3.05) is 31.1 Å². The van der Waals surface area contributed by atoms with E-state index < -0.39 is 0 Å². The van der Waals surface area contributed by atoms with Gasteiger partial charge in [-0.25, -0.2) is 4.79 Å². The van der Waals surface area contributed by atoms with Crippen LogP contribution >= 0.6 is 11.3 Å². The second-order valence-corrected chi connectivity index (χ2v) is 7.84. The van der Waals surface area contributed by atoms with Crippen molar-refractivity contribution in [2.24, 2.45) is 13.0 Å². The molecule has 1 fully saturated rings. The highest BCUT2D eigenvalue weighted by Gasteiger charge is 2.25. The molecule has 1 unspecified atom stereocenters. The summed E-state index contributed by atoms with van der Waals surface area (Å²) in [5, 5.41) is 13.4. The topological polar surface area (TPSA) is 66.3 Å². The van der Waals surface area contributed by atoms with Crippen LogP contribution in [-0.2, 0) is 7.05 Å². The van der Waals surface area contributed by atoms with Gasteiger partial charge in [-0.15, -0.1) is 21.5 Å². The number of thiophene rings is 1. The van der Waals surface area contributed by atoms with Crippen LogP contribution in [-0.4, -0.2) is 51.9 Å². The zero-order valence-corrected chi connectivity index (χ0v) is 15.9. The number of hydrogen-bond donors (Lipinski definition) is 1. The van der Waals surface area contributed by atoms with Crippen LogP contribution in [0.3, 0.4) is 0 Å². The number of nitrogens with zero attached hydrogens (tertiary/aromatic N) is 5. The number of hydrogen-bond acceptors (Lipinski definition) is 5. The number of rotatable bonds is 5. The number of anilines is 1. The van der Waals surface area contributed by atoms with E-state index in [1.807, 2.05) is 22.6 Å². The van der Waals surface area contributed by atoms with E-state index in [-0.39, 0.29) is 12.1 Å². The summed E-state index contributed by atoms with van der Waals surface area (Å²) < 4.78 is 1.91. The molecule has 2 aromatic heterocycles. The smallest absolute Gasteiger partial charge is 0.318 e. The molecule has 1 aliphatic rings. The van der Waals surface area contributed by atoms with Crippen molar-refractivity contribution in [1.29, 1.82) is 0 Å². The zero-order valence-electron chi connectivity index (χ0n) is 15.1. The lowest BCUT2D eigenvalue weighted by molar-refractivity contribution is 0.188. The number of aromatic nitrogens is 3. The fraction of sp³-hybridized carbons (Fsp3) is 0.588. The third-order valence-electron chi connectivity index (χ3n) is 4.43. The molecular formula is C17H26N6OS. The van der Waals surface area contributed by atoms with Crippen LogP contribution in [0.1, 0.15) is 31.2 Å². The number of carbonyl (C=O) groups is 1. The van der Waals surface area contributed by atoms with Crippen LogP contribution in [0.2, 0.25) is 0 Å². The molecule has 0 spiro atoms. The van der Waals surface area contributed by atoms with Crippen LogP contribution in [0, 0.1) is 5.92 Å². The lowest BCUT2D eigenvalue weighted by Gasteiger charge is -2.35. The maximum atomic E-state index is 12.7. The van der Waals surface area contributed by atoms with Gasteiger partial charge in [0.05, 0.1) is 6.04 Å². The molecule has 8 heteroatoms. The average Bonchev–Trinajstić information content (AvgIpc) is 3.25. The maximum absolute atomic E-state index is 12.7. The zero-order chi connectivity index (χ0) is 17.8. The first-order chi connectivity index (χ1) is 12.0. The van der Waals surface area contributed by atoms with Crippen molar-refractivity contribution in [3.05, 3.63) is 28.7 Å². The van der Waals surface area contributed by atoms with Gasteiger partial charge in [0, 0.05) is 38.1 Å². The SMILES string of the molecule is CC(C)CC(NC(=O)N1CCN(c2nncn2C)CC1)c1cccs1. The van der Waals surface area contributed by atoms with Crippen molar-refractivity contribution in [1.82, 2.24) is 25.0 Å². The normalized spacial score (nSPS) is 16.3. The molecule has 0 aromatic carbocycles. The molecule has 2 aromatic rings. The van der Waals surface area contributed by atoms with Crippen molar-refractivity contribution in [2.45, 2.75) is 26.3 Å². The summed E-state index contributed by atoms with van der Waals surface area (Å²) >= 11 is 1.70. The number of urea groups is 1. The van der Waals surface area contributed by atoms with Gasteiger partial charge in [0.25, 0.3) is 0 Å². The highest BCUT2D eigenvalue weighted by atomic mass is 32.1. The number of piperazine rings is 1. The molecule has 3 rings (SSSR count). The van der Waals surface area contributed by atoms with Crippen molar-refractivity contribution >= 4 is 23.3 Å². The van der Waals surface area contributed by atoms with Crippen LogP contribution in [0.25, 0.3) is 0 Å². The lowest BCUT2D eigenvalue weighted by Crippen LogP contribution is -2.52. The van der Waals surface area contributed by atoms with Crippen LogP contribution in [0.4, 0.5) is 10.7 Å². The Hall–Kier alpha value is -2.09. The first-order valence-electron chi connectivity index (χ1n) is 8.72. The molecule has 7 nitrogen and oxygen atoms in total. The van der Waals surface area contributed by atoms with Gasteiger partial charge >= 0.3 is 6.03 Å². The van der Waals surface area contributed by atoms with E-state index in [9.17, 15) is 4.79 Å². The van der Waals surface area contributed by atoms with Gasteiger partial charge in [-0.05, 0) is 23.8 Å². The number of carbonyl (C=O) groups excluding carboxylic acids is 1. The van der Waals surface area contributed by atoms with Gasteiger partial charge in [-0.2, -0.15) is 0 Å². The average molecular weight is 363 g/mol. The number of nitrogens with one attached hydrogen (secondary N) is 1. The summed E-state index contributed by atoms with van der Waals surface area (Å²) in [5.41, 5.74) is 0. The monoisotopic (exact) mass is 362 g/mol. The first kappa shape index (κ1) is 17.7. The molecule has 0 aliphatic carbocycles. The van der Waals surface area contributed by atoms with E-state index >= 15 is 0 Å². The van der Waals surface area contributed by atoms with Gasteiger partial charge in [0.1, 0.15) is 6.33 Å². The Labute approximate surface area is 152 Å². The minimum absolute atomic E-state index is 0.0247. The standard InChI is InChI=1S/C17H26N6OS/c1-13(2)11-14(15-5-4-10-25-15)19-17(24)23-8-6-22(7-9-23)16-20-18-12-21(16)3/h4-5,10,12-14H,6-9,11H2,1-3H3,(H,19,24). The van der Waals surface area contributed by atoms with Crippen molar-refractivity contribution < 1.29 is 4.79 Å². The molecular weight excluding hydrogens is 336 g/mol. The Morgan fingerprint density at radius 2 is 2.08 bits per heavy atom. The first-order valence-corrected chi connectivity index (χ1v) is 9.60. The minimum atomic E-state index is 0.0247. The quantitative estimate of drug-likeness (QED) is 0.887. The van der Waals surface area contributed by atoms with Gasteiger partial charge in [0.2, 0.25) is 5.95 Å². The lowest BCUT2D eigenvalue weighted by atomic mass is 10.0. The summed E-state index contributed by atoms with van der Waals surface area (Å²) in [6, 6.07) is 4.25. The fourth-order valence-electron chi connectivity index (χ4n) is 3.12. The summed E-state index contributed by atoms with van der Waals surface area (Å²) in [4.78, 5) is 18.0. The van der Waals surface area contributed by atoms with E-state index in [4.69, 9.17) is 0 Å². The Kier molecular flexibility index (Phi) is 5.57. The van der Waals surface area contributed by atoms with Gasteiger partial charge in [0.15, 0.2) is 0 Å². The van der Waals surface area contributed by atoms with Crippen LogP contribution < -0.4 is 10.2 Å². The third-order valence-corrected chi connectivity index (χ3v) is 5.41. The molecule has 3 heterocycles. The fourth-order valence-corrected chi connectivity index (χ4v) is 3.91. The summed E-state index contributed by atoms with van der Waals surface area (Å²) in [5.74, 6) is 1.39. The Morgan fingerprint density at radius 1 is 1.32 bits per heavy atom. The Morgan fingerprint density at radius 3 is 2.64 bits per heavy atom. The van der Waals surface area contributed by atoms with E-state index in [0.29, 0.717) is 19.0 Å². The number of aryl methyl sites for hydroxylation is 1. The second kappa shape index (κ2) is 7.86. The summed E-state index contributed by atoms with van der Waals surface area (Å²) in [6.07, 6.45) is 2.65. The molecule has 1 N–H and O–H groups in total. The second-order valence-electron chi connectivity index (χ2n) is 6.86. The molecule has 1 atom stereocenters. The van der Waals surface area contributed by atoms with E-state index in [1.54, 1.807) is 17.7 Å². The Bertz CT molecular complexity index is 675. The van der Waals surface area contributed by atoms with Crippen LogP contribution in [0.15, 0.2) is 23.8 Å². The molecule has 0 radical (unpaired) electrons. The largest absolute Gasteiger partial charge is 0.337 e. The highest BCUT2D eigenvalue weighted by Crippen LogP contribution is 2.25. The molecule has 136 valence electrons. The highest BCUT2D eigenvalue weighted by molar-refractivity contribution is 7.10. The minimum Gasteiger partial charge on any atom is -0.337 e. The molecule has 2 amide bonds. The predicted molar refractivity (Wildman–Crippen MR) is 99.8 cm³/mol. The van der Waals surface area contributed by atoms with Gasteiger partial charge in [-0.1, -0.05) is 19.9 Å². The molecule has 1 aliphatic heterocycles. The third kappa shape index (κ3) is 4.31. The summed E-state index contributed by atoms with van der Waals surface area (Å²) in [7, 11) is 1.94. The number of amides is 2. The van der Waals surface area contributed by atoms with Gasteiger partial charge in [-0.3, -0.25) is 0 Å². The van der Waals surface area contributed by atoms with Gasteiger partial charge < -0.3 is 19.7 Å². The molecule has 1 saturated heterocycles. The molecule has 0 bridgehead atoms. The molecule has 0 saturated carbocycles. The maximum Gasteiger partial charge on any atom is 0.318 e. The van der Waals surface area contributed by atoms with Crippen molar-refractivity contribution in [3.8, 4) is 0 Å². The van der Waals surface area contributed by atoms with E-state index in [1.165, 1.54) is 4.88 Å².